The number of rotatable bonds is 4. The van der Waals surface area contributed by atoms with E-state index in [1.54, 1.807) is 0 Å². The van der Waals surface area contributed by atoms with Crippen LogP contribution in [0.5, 0.6) is 0 Å². The molecule has 0 aromatic carbocycles. The number of aliphatic hydroxyl groups excluding tert-OH is 1. The Bertz CT molecular complexity index is 259. The Balaban J connectivity index is 1.93. The van der Waals surface area contributed by atoms with Crippen molar-refractivity contribution in [1.82, 2.24) is 9.80 Å². The Kier molecular flexibility index (Phi) is 4.08. The van der Waals surface area contributed by atoms with Crippen LogP contribution in [0.15, 0.2) is 0 Å². The third-order valence-electron chi connectivity index (χ3n) is 4.40. The first-order chi connectivity index (χ1) is 8.04. The molecule has 3 atom stereocenters. The smallest absolute Gasteiger partial charge is 0.0611 e. The van der Waals surface area contributed by atoms with Gasteiger partial charge in [-0.05, 0) is 52.7 Å². The molecule has 17 heavy (non-hydrogen) atoms. The van der Waals surface area contributed by atoms with Gasteiger partial charge in [-0.3, -0.25) is 4.90 Å². The molecule has 2 aliphatic rings. The van der Waals surface area contributed by atoms with Crippen LogP contribution in [0, 0.1) is 0 Å². The number of hydrogen-bond acceptors (Lipinski definition) is 4. The highest BCUT2D eigenvalue weighted by molar-refractivity contribution is 4.99. The molecule has 1 saturated carbocycles. The van der Waals surface area contributed by atoms with E-state index in [1.165, 1.54) is 19.4 Å². The van der Waals surface area contributed by atoms with Gasteiger partial charge in [0.15, 0.2) is 0 Å². The number of hydrogen-bond donors (Lipinski definition) is 2. The van der Waals surface area contributed by atoms with Gasteiger partial charge in [0, 0.05) is 24.2 Å². The first-order valence-corrected chi connectivity index (χ1v) is 6.84. The molecule has 4 nitrogen and oxygen atoms in total. The maximum atomic E-state index is 9.35. The Labute approximate surface area is 105 Å². The average molecular weight is 241 g/mol. The quantitative estimate of drug-likeness (QED) is 0.741. The van der Waals surface area contributed by atoms with Crippen LogP contribution in [0.1, 0.15) is 32.1 Å². The topological polar surface area (TPSA) is 52.7 Å². The zero-order chi connectivity index (χ0) is 12.5. The van der Waals surface area contributed by atoms with Crippen molar-refractivity contribution in [2.45, 2.75) is 49.7 Å². The minimum absolute atomic E-state index is 0.135. The van der Waals surface area contributed by atoms with Crippen molar-refractivity contribution < 1.29 is 5.11 Å². The Morgan fingerprint density at radius 2 is 2.18 bits per heavy atom. The Morgan fingerprint density at radius 3 is 2.76 bits per heavy atom. The van der Waals surface area contributed by atoms with Crippen molar-refractivity contribution in [3.8, 4) is 0 Å². The minimum Gasteiger partial charge on any atom is -0.394 e. The van der Waals surface area contributed by atoms with Crippen LogP contribution in [0.2, 0.25) is 0 Å². The van der Waals surface area contributed by atoms with Crippen molar-refractivity contribution in [1.29, 1.82) is 0 Å². The summed E-state index contributed by atoms with van der Waals surface area (Å²) in [4.78, 5) is 4.92. The van der Waals surface area contributed by atoms with Crippen molar-refractivity contribution in [2.75, 3.05) is 33.8 Å². The molecule has 1 aliphatic carbocycles. The van der Waals surface area contributed by atoms with Crippen molar-refractivity contribution in [3.63, 3.8) is 0 Å². The van der Waals surface area contributed by atoms with Crippen LogP contribution in [0.3, 0.4) is 0 Å². The zero-order valence-corrected chi connectivity index (χ0v) is 11.2. The van der Waals surface area contributed by atoms with E-state index < -0.39 is 0 Å². The highest BCUT2D eigenvalue weighted by atomic mass is 16.3. The fraction of sp³-hybridized carbons (Fsp3) is 1.00. The predicted octanol–water partition coefficient (Wildman–Crippen LogP) is 0.255. The molecule has 3 unspecified atom stereocenters. The molecule has 0 spiro atoms. The van der Waals surface area contributed by atoms with Crippen LogP contribution in [-0.4, -0.2) is 66.3 Å². The van der Waals surface area contributed by atoms with Gasteiger partial charge >= 0.3 is 0 Å². The summed E-state index contributed by atoms with van der Waals surface area (Å²) >= 11 is 0. The molecule has 1 saturated heterocycles. The highest BCUT2D eigenvalue weighted by Gasteiger charge is 2.41. The largest absolute Gasteiger partial charge is 0.394 e. The lowest BCUT2D eigenvalue weighted by Gasteiger charge is -2.33. The molecule has 100 valence electrons. The van der Waals surface area contributed by atoms with Gasteiger partial charge in [0.05, 0.1) is 6.61 Å². The van der Waals surface area contributed by atoms with Crippen molar-refractivity contribution in [3.05, 3.63) is 0 Å². The molecule has 2 fully saturated rings. The summed E-state index contributed by atoms with van der Waals surface area (Å²) in [6, 6.07) is 1.29. The predicted molar refractivity (Wildman–Crippen MR) is 69.9 cm³/mol. The normalized spacial score (nSPS) is 39.4. The van der Waals surface area contributed by atoms with Gasteiger partial charge in [0.1, 0.15) is 0 Å². The van der Waals surface area contributed by atoms with E-state index in [1.807, 2.05) is 0 Å². The first-order valence-electron chi connectivity index (χ1n) is 6.84. The summed E-state index contributed by atoms with van der Waals surface area (Å²) in [7, 11) is 4.29. The number of likely N-dealkylation sites (tertiary alicyclic amines) is 1. The summed E-state index contributed by atoms with van der Waals surface area (Å²) in [5.41, 5.74) is 5.87. The molecule has 2 rings (SSSR count). The summed E-state index contributed by atoms with van der Waals surface area (Å²) in [6.45, 7) is 2.49. The van der Waals surface area contributed by atoms with Crippen LogP contribution < -0.4 is 5.73 Å². The molecule has 1 aliphatic heterocycles. The van der Waals surface area contributed by atoms with E-state index in [-0.39, 0.29) is 12.1 Å². The van der Waals surface area contributed by atoms with Gasteiger partial charge in [0.25, 0.3) is 0 Å². The Hall–Kier alpha value is -0.160. The monoisotopic (exact) mass is 241 g/mol. The lowest BCUT2D eigenvalue weighted by atomic mass is 10.00. The highest BCUT2D eigenvalue weighted by Crippen LogP contribution is 2.34. The molecule has 1 heterocycles. The van der Waals surface area contributed by atoms with Gasteiger partial charge in [0.2, 0.25) is 0 Å². The number of nitrogens with zero attached hydrogens (tertiary/aromatic N) is 2. The van der Waals surface area contributed by atoms with E-state index in [0.29, 0.717) is 12.1 Å². The van der Waals surface area contributed by atoms with E-state index in [9.17, 15) is 5.11 Å². The fourth-order valence-corrected chi connectivity index (χ4v) is 3.51. The number of nitrogens with two attached hydrogens (primary N) is 1. The number of aliphatic hydroxyl groups is 1. The molecule has 4 heteroatoms. The lowest BCUT2D eigenvalue weighted by Crippen LogP contribution is -2.46. The van der Waals surface area contributed by atoms with Gasteiger partial charge < -0.3 is 15.7 Å². The second-order valence-electron chi connectivity index (χ2n) is 6.21. The second kappa shape index (κ2) is 5.22. The molecular weight excluding hydrogens is 214 g/mol. The molecular formula is C13H27N3O. The maximum absolute atomic E-state index is 9.35. The molecule has 0 aromatic heterocycles. The molecule has 0 aromatic rings. The lowest BCUT2D eigenvalue weighted by molar-refractivity contribution is 0.139. The van der Waals surface area contributed by atoms with Gasteiger partial charge in [-0.25, -0.2) is 0 Å². The summed E-state index contributed by atoms with van der Waals surface area (Å²) in [6.07, 6.45) is 5.71. The van der Waals surface area contributed by atoms with Gasteiger partial charge in [-0.2, -0.15) is 0 Å². The van der Waals surface area contributed by atoms with Crippen molar-refractivity contribution in [2.24, 2.45) is 5.73 Å². The van der Waals surface area contributed by atoms with E-state index in [4.69, 9.17) is 5.73 Å². The summed E-state index contributed by atoms with van der Waals surface area (Å²) < 4.78 is 0. The number of likely N-dealkylation sites (N-methyl/N-ethyl adjacent to an activating group) is 1. The van der Waals surface area contributed by atoms with Crippen LogP contribution in [0.25, 0.3) is 0 Å². The third kappa shape index (κ3) is 2.99. The summed E-state index contributed by atoms with van der Waals surface area (Å²) in [5, 5.41) is 9.35. The third-order valence-corrected chi connectivity index (χ3v) is 4.40. The minimum atomic E-state index is -0.310. The van der Waals surface area contributed by atoms with E-state index in [2.05, 4.69) is 23.9 Å². The summed E-state index contributed by atoms with van der Waals surface area (Å²) in [5.74, 6) is 0. The van der Waals surface area contributed by atoms with Crippen LogP contribution >= 0.6 is 0 Å². The van der Waals surface area contributed by atoms with Crippen LogP contribution in [0.4, 0.5) is 0 Å². The van der Waals surface area contributed by atoms with Crippen LogP contribution in [-0.2, 0) is 0 Å². The molecule has 0 bridgehead atoms. The SMILES string of the molecule is CN(C)CC1CCCN1C1CCC(N)(CO)C1. The molecule has 3 N–H and O–H groups in total. The fourth-order valence-electron chi connectivity index (χ4n) is 3.51. The second-order valence-corrected chi connectivity index (χ2v) is 6.21. The average Bonchev–Trinajstić information content (AvgIpc) is 2.85. The van der Waals surface area contributed by atoms with E-state index >= 15 is 0 Å². The van der Waals surface area contributed by atoms with E-state index in [0.717, 1.165) is 25.8 Å². The zero-order valence-electron chi connectivity index (χ0n) is 11.2. The first kappa shape index (κ1) is 13.3. The molecule has 0 amide bonds. The standard InChI is InChI=1S/C13H27N3O/c1-15(2)9-12-4-3-7-16(12)11-5-6-13(14,8-11)10-17/h11-12,17H,3-10,14H2,1-2H3. The maximum Gasteiger partial charge on any atom is 0.0611 e. The van der Waals surface area contributed by atoms with Crippen molar-refractivity contribution >= 4 is 0 Å². The van der Waals surface area contributed by atoms with Gasteiger partial charge in [-0.1, -0.05) is 0 Å². The Morgan fingerprint density at radius 1 is 1.41 bits per heavy atom. The molecule has 0 radical (unpaired) electrons. The van der Waals surface area contributed by atoms with Gasteiger partial charge in [-0.15, -0.1) is 0 Å².